The van der Waals surface area contributed by atoms with Crippen LogP contribution in [0.25, 0.3) is 11.0 Å². The SMILES string of the molecule is CCCCC(CC)CN(Cc1cccc2n[nH]nc12)Cn1nccn1. The summed E-state index contributed by atoms with van der Waals surface area (Å²) in [5, 5.41) is 19.8. The topological polar surface area (TPSA) is 75.5 Å². The highest BCUT2D eigenvalue weighted by atomic mass is 15.5. The maximum Gasteiger partial charge on any atom is 0.117 e. The molecule has 0 aliphatic heterocycles. The zero-order valence-electron chi connectivity index (χ0n) is 15.1. The van der Waals surface area contributed by atoms with Gasteiger partial charge in [0.05, 0.1) is 12.4 Å². The second kappa shape index (κ2) is 8.71. The molecule has 0 bridgehead atoms. The summed E-state index contributed by atoms with van der Waals surface area (Å²) in [6.07, 6.45) is 8.44. The summed E-state index contributed by atoms with van der Waals surface area (Å²) in [6.45, 7) is 7.07. The number of rotatable bonds is 10. The predicted octanol–water partition coefficient (Wildman–Crippen LogP) is 3.23. The molecule has 0 fully saturated rings. The number of nitrogens with zero attached hydrogens (tertiary/aromatic N) is 6. The average Bonchev–Trinajstić information content (AvgIpc) is 3.30. The largest absolute Gasteiger partial charge is 0.278 e. The first-order chi connectivity index (χ1) is 12.3. The molecule has 0 aliphatic rings. The molecule has 1 N–H and O–H groups in total. The van der Waals surface area contributed by atoms with Gasteiger partial charge in [-0.15, -0.1) is 0 Å². The van der Waals surface area contributed by atoms with E-state index >= 15 is 0 Å². The third-order valence-electron chi connectivity index (χ3n) is 4.68. The van der Waals surface area contributed by atoms with Crippen molar-refractivity contribution in [1.82, 2.24) is 35.3 Å². The molecule has 1 atom stereocenters. The third-order valence-corrected chi connectivity index (χ3v) is 4.68. The van der Waals surface area contributed by atoms with Gasteiger partial charge in [-0.05, 0) is 24.0 Å². The Kier molecular flexibility index (Phi) is 6.11. The number of unbranched alkanes of at least 4 members (excludes halogenated alkanes) is 1. The van der Waals surface area contributed by atoms with Crippen molar-refractivity contribution < 1.29 is 0 Å². The van der Waals surface area contributed by atoms with Crippen LogP contribution in [0.4, 0.5) is 0 Å². The van der Waals surface area contributed by atoms with Gasteiger partial charge < -0.3 is 0 Å². The molecule has 25 heavy (non-hydrogen) atoms. The number of hydrogen-bond donors (Lipinski definition) is 1. The van der Waals surface area contributed by atoms with Gasteiger partial charge in [0.1, 0.15) is 17.7 Å². The fourth-order valence-electron chi connectivity index (χ4n) is 3.24. The van der Waals surface area contributed by atoms with E-state index in [2.05, 4.69) is 50.4 Å². The quantitative estimate of drug-likeness (QED) is 0.613. The average molecular weight is 341 g/mol. The van der Waals surface area contributed by atoms with Crippen LogP contribution in [0.15, 0.2) is 30.6 Å². The number of benzene rings is 1. The van der Waals surface area contributed by atoms with Gasteiger partial charge in [-0.3, -0.25) is 4.90 Å². The van der Waals surface area contributed by atoms with E-state index in [1.54, 1.807) is 17.2 Å². The van der Waals surface area contributed by atoms with Crippen molar-refractivity contribution in [3.63, 3.8) is 0 Å². The monoisotopic (exact) mass is 341 g/mol. The number of nitrogens with one attached hydrogen (secondary N) is 1. The molecule has 2 heterocycles. The van der Waals surface area contributed by atoms with Gasteiger partial charge in [0, 0.05) is 13.1 Å². The molecule has 1 aromatic carbocycles. The number of para-hydroxylation sites is 1. The van der Waals surface area contributed by atoms with Gasteiger partial charge in [-0.1, -0.05) is 45.2 Å². The van der Waals surface area contributed by atoms with Crippen LogP contribution in [0, 0.1) is 5.92 Å². The van der Waals surface area contributed by atoms with Crippen LogP contribution in [0.2, 0.25) is 0 Å². The Bertz CT molecular complexity index is 750. The maximum absolute atomic E-state index is 4.32. The van der Waals surface area contributed by atoms with E-state index in [4.69, 9.17) is 0 Å². The minimum absolute atomic E-state index is 0.684. The van der Waals surface area contributed by atoms with Crippen LogP contribution >= 0.6 is 0 Å². The first kappa shape index (κ1) is 17.5. The van der Waals surface area contributed by atoms with Crippen LogP contribution in [0.1, 0.15) is 45.1 Å². The van der Waals surface area contributed by atoms with E-state index in [9.17, 15) is 0 Å². The molecule has 1 unspecified atom stereocenters. The zero-order valence-corrected chi connectivity index (χ0v) is 15.1. The molecule has 134 valence electrons. The molecule has 7 heteroatoms. The molecule has 0 amide bonds. The molecule has 0 spiro atoms. The summed E-state index contributed by atoms with van der Waals surface area (Å²) in [5.74, 6) is 0.687. The van der Waals surface area contributed by atoms with Crippen molar-refractivity contribution in [3.05, 3.63) is 36.2 Å². The van der Waals surface area contributed by atoms with Crippen LogP contribution in [0.3, 0.4) is 0 Å². The number of aromatic amines is 1. The standard InChI is InChI=1S/C18H27N7/c1-3-5-7-15(4-2)12-24(14-25-19-10-11-20-25)13-16-8-6-9-17-18(16)22-23-21-17/h6,8-11,15H,3-5,7,12-14H2,1-2H3,(H,21,22,23). The van der Waals surface area contributed by atoms with Crippen LogP contribution in [0.5, 0.6) is 0 Å². The van der Waals surface area contributed by atoms with Crippen molar-refractivity contribution in [3.8, 4) is 0 Å². The van der Waals surface area contributed by atoms with Gasteiger partial charge >= 0.3 is 0 Å². The smallest absolute Gasteiger partial charge is 0.117 e. The van der Waals surface area contributed by atoms with Crippen LogP contribution in [-0.4, -0.2) is 41.8 Å². The number of H-pyrrole nitrogens is 1. The van der Waals surface area contributed by atoms with E-state index in [1.165, 1.54) is 31.2 Å². The fraction of sp³-hybridized carbons (Fsp3) is 0.556. The Balaban J connectivity index is 1.76. The third kappa shape index (κ3) is 4.63. The van der Waals surface area contributed by atoms with Crippen LogP contribution < -0.4 is 0 Å². The van der Waals surface area contributed by atoms with E-state index in [-0.39, 0.29) is 0 Å². The van der Waals surface area contributed by atoms with Crippen LogP contribution in [-0.2, 0) is 13.2 Å². The van der Waals surface area contributed by atoms with Gasteiger partial charge in [0.15, 0.2) is 0 Å². The second-order valence-corrected chi connectivity index (χ2v) is 6.58. The lowest BCUT2D eigenvalue weighted by Gasteiger charge is -2.26. The first-order valence-electron chi connectivity index (χ1n) is 9.15. The minimum atomic E-state index is 0.684. The minimum Gasteiger partial charge on any atom is -0.278 e. The zero-order chi connectivity index (χ0) is 17.5. The van der Waals surface area contributed by atoms with E-state index in [0.717, 1.165) is 24.1 Å². The lowest BCUT2D eigenvalue weighted by Crippen LogP contribution is -2.32. The molecular weight excluding hydrogens is 314 g/mol. The fourth-order valence-corrected chi connectivity index (χ4v) is 3.24. The Hall–Kier alpha value is -2.28. The van der Waals surface area contributed by atoms with E-state index < -0.39 is 0 Å². The molecular formula is C18H27N7. The highest BCUT2D eigenvalue weighted by Gasteiger charge is 2.16. The highest BCUT2D eigenvalue weighted by molar-refractivity contribution is 5.77. The van der Waals surface area contributed by atoms with Gasteiger partial charge in [0.2, 0.25) is 0 Å². The van der Waals surface area contributed by atoms with Gasteiger partial charge in [-0.2, -0.15) is 30.4 Å². The summed E-state index contributed by atoms with van der Waals surface area (Å²) < 4.78 is 0. The summed E-state index contributed by atoms with van der Waals surface area (Å²) in [4.78, 5) is 4.16. The number of aromatic nitrogens is 6. The molecule has 3 aromatic rings. The normalized spacial score (nSPS) is 12.9. The molecule has 2 aromatic heterocycles. The van der Waals surface area contributed by atoms with Crippen molar-refractivity contribution in [1.29, 1.82) is 0 Å². The van der Waals surface area contributed by atoms with Gasteiger partial charge in [0.25, 0.3) is 0 Å². The predicted molar refractivity (Wildman–Crippen MR) is 97.6 cm³/mol. The summed E-state index contributed by atoms with van der Waals surface area (Å²) in [5.41, 5.74) is 3.04. The Morgan fingerprint density at radius 1 is 1.16 bits per heavy atom. The Morgan fingerprint density at radius 3 is 2.76 bits per heavy atom. The molecule has 0 saturated heterocycles. The summed E-state index contributed by atoms with van der Waals surface area (Å²) in [7, 11) is 0. The number of hydrogen-bond acceptors (Lipinski definition) is 5. The van der Waals surface area contributed by atoms with Crippen molar-refractivity contribution >= 4 is 11.0 Å². The highest BCUT2D eigenvalue weighted by Crippen LogP contribution is 2.19. The lowest BCUT2D eigenvalue weighted by atomic mass is 9.98. The first-order valence-corrected chi connectivity index (χ1v) is 9.15. The Labute approximate surface area is 148 Å². The lowest BCUT2D eigenvalue weighted by molar-refractivity contribution is 0.151. The number of fused-ring (bicyclic) bond motifs is 1. The second-order valence-electron chi connectivity index (χ2n) is 6.58. The maximum atomic E-state index is 4.32. The van der Waals surface area contributed by atoms with E-state index in [1.807, 2.05) is 12.1 Å². The van der Waals surface area contributed by atoms with Gasteiger partial charge in [-0.25, -0.2) is 0 Å². The molecule has 0 saturated carbocycles. The van der Waals surface area contributed by atoms with Crippen molar-refractivity contribution in [2.24, 2.45) is 5.92 Å². The Morgan fingerprint density at radius 2 is 2.00 bits per heavy atom. The van der Waals surface area contributed by atoms with Crippen molar-refractivity contribution in [2.75, 3.05) is 6.54 Å². The summed E-state index contributed by atoms with van der Waals surface area (Å²) in [6, 6.07) is 6.15. The molecule has 0 radical (unpaired) electrons. The van der Waals surface area contributed by atoms with E-state index in [0.29, 0.717) is 12.6 Å². The van der Waals surface area contributed by atoms with Crippen molar-refractivity contribution in [2.45, 2.75) is 52.7 Å². The molecule has 7 nitrogen and oxygen atoms in total. The molecule has 0 aliphatic carbocycles. The molecule has 3 rings (SSSR count). The summed E-state index contributed by atoms with van der Waals surface area (Å²) >= 11 is 0.